The van der Waals surface area contributed by atoms with Crippen molar-refractivity contribution < 1.29 is 14.6 Å². The van der Waals surface area contributed by atoms with Gasteiger partial charge in [-0.05, 0) is 19.3 Å². The summed E-state index contributed by atoms with van der Waals surface area (Å²) in [7, 11) is 0. The van der Waals surface area contributed by atoms with Gasteiger partial charge in [0.05, 0.1) is 12.4 Å². The van der Waals surface area contributed by atoms with Crippen molar-refractivity contribution in [2.24, 2.45) is 0 Å². The molecule has 1 fully saturated rings. The SMILES string of the molecule is CCCOCCc1nnc(SCC(=O)O)n1C1CC1. The monoisotopic (exact) mass is 285 g/mol. The van der Waals surface area contributed by atoms with Crippen LogP contribution >= 0.6 is 11.8 Å². The molecule has 6 nitrogen and oxygen atoms in total. The van der Waals surface area contributed by atoms with Gasteiger partial charge in [0.1, 0.15) is 5.82 Å². The summed E-state index contributed by atoms with van der Waals surface area (Å²) in [5.74, 6) is 0.103. The fourth-order valence-electron chi connectivity index (χ4n) is 1.81. The summed E-state index contributed by atoms with van der Waals surface area (Å²) in [6, 6.07) is 0.451. The van der Waals surface area contributed by atoms with E-state index in [0.717, 1.165) is 43.3 Å². The summed E-state index contributed by atoms with van der Waals surface area (Å²) in [6.07, 6.45) is 4.00. The van der Waals surface area contributed by atoms with Crippen LogP contribution in [0.25, 0.3) is 0 Å². The Kier molecular flexibility index (Phi) is 5.21. The number of aromatic nitrogens is 3. The maximum Gasteiger partial charge on any atom is 0.313 e. The van der Waals surface area contributed by atoms with E-state index in [1.54, 1.807) is 0 Å². The highest BCUT2D eigenvalue weighted by Crippen LogP contribution is 2.38. The molecule has 1 heterocycles. The van der Waals surface area contributed by atoms with Crippen LogP contribution in [0.15, 0.2) is 5.16 Å². The number of carboxylic acids is 1. The lowest BCUT2D eigenvalue weighted by atomic mass is 10.4. The van der Waals surface area contributed by atoms with E-state index in [4.69, 9.17) is 9.84 Å². The van der Waals surface area contributed by atoms with Gasteiger partial charge in [0.15, 0.2) is 5.16 Å². The first-order chi connectivity index (χ1) is 9.22. The quantitative estimate of drug-likeness (QED) is 0.550. The Hall–Kier alpha value is -1.08. The van der Waals surface area contributed by atoms with E-state index < -0.39 is 5.97 Å². The smallest absolute Gasteiger partial charge is 0.313 e. The maximum absolute atomic E-state index is 10.6. The van der Waals surface area contributed by atoms with Gasteiger partial charge in [-0.1, -0.05) is 18.7 Å². The van der Waals surface area contributed by atoms with E-state index in [-0.39, 0.29) is 5.75 Å². The van der Waals surface area contributed by atoms with Crippen molar-refractivity contribution in [2.45, 2.75) is 43.8 Å². The van der Waals surface area contributed by atoms with E-state index in [0.29, 0.717) is 12.6 Å². The molecule has 0 saturated heterocycles. The number of ether oxygens (including phenoxy) is 1. The Labute approximate surface area is 116 Å². The highest BCUT2D eigenvalue weighted by Gasteiger charge is 2.29. The Morgan fingerprint density at radius 1 is 1.47 bits per heavy atom. The van der Waals surface area contributed by atoms with Crippen LogP contribution in [0.5, 0.6) is 0 Å². The largest absolute Gasteiger partial charge is 0.481 e. The summed E-state index contributed by atoms with van der Waals surface area (Å²) in [5, 5.41) is 17.7. The lowest BCUT2D eigenvalue weighted by Gasteiger charge is -2.08. The zero-order chi connectivity index (χ0) is 13.7. The molecule has 19 heavy (non-hydrogen) atoms. The van der Waals surface area contributed by atoms with Gasteiger partial charge in [-0.3, -0.25) is 4.79 Å². The molecule has 1 aliphatic carbocycles. The first-order valence-corrected chi connectivity index (χ1v) is 7.57. The van der Waals surface area contributed by atoms with Crippen molar-refractivity contribution in [1.82, 2.24) is 14.8 Å². The fraction of sp³-hybridized carbons (Fsp3) is 0.750. The number of hydrogen-bond acceptors (Lipinski definition) is 5. The predicted octanol–water partition coefficient (Wildman–Crippen LogP) is 1.76. The van der Waals surface area contributed by atoms with E-state index in [9.17, 15) is 4.79 Å². The molecule has 0 amide bonds. The highest BCUT2D eigenvalue weighted by molar-refractivity contribution is 7.99. The molecule has 1 aromatic rings. The molecule has 0 unspecified atom stereocenters. The van der Waals surface area contributed by atoms with Gasteiger partial charge >= 0.3 is 5.97 Å². The molecule has 2 rings (SSSR count). The second kappa shape index (κ2) is 6.91. The van der Waals surface area contributed by atoms with Crippen molar-refractivity contribution in [1.29, 1.82) is 0 Å². The van der Waals surface area contributed by atoms with Gasteiger partial charge < -0.3 is 14.4 Å². The van der Waals surface area contributed by atoms with Crippen molar-refractivity contribution in [3.8, 4) is 0 Å². The number of carboxylic acid groups (broad SMARTS) is 1. The molecule has 0 atom stereocenters. The van der Waals surface area contributed by atoms with Crippen molar-refractivity contribution in [2.75, 3.05) is 19.0 Å². The van der Waals surface area contributed by atoms with Crippen molar-refractivity contribution in [3.63, 3.8) is 0 Å². The lowest BCUT2D eigenvalue weighted by Crippen LogP contribution is -2.08. The van der Waals surface area contributed by atoms with Crippen LogP contribution in [-0.4, -0.2) is 44.8 Å². The summed E-state index contributed by atoms with van der Waals surface area (Å²) in [4.78, 5) is 10.6. The number of hydrogen-bond donors (Lipinski definition) is 1. The zero-order valence-electron chi connectivity index (χ0n) is 11.0. The Morgan fingerprint density at radius 3 is 2.89 bits per heavy atom. The standard InChI is InChI=1S/C12H19N3O3S/c1-2-6-18-7-5-10-13-14-12(19-8-11(16)17)15(10)9-3-4-9/h9H,2-8H2,1H3,(H,16,17). The third kappa shape index (κ3) is 4.21. The van der Waals surface area contributed by atoms with Gasteiger partial charge in [0.2, 0.25) is 0 Å². The van der Waals surface area contributed by atoms with E-state index in [1.807, 2.05) is 0 Å². The van der Waals surface area contributed by atoms with Crippen LogP contribution in [0.1, 0.15) is 38.1 Å². The molecule has 0 aromatic carbocycles. The van der Waals surface area contributed by atoms with E-state index >= 15 is 0 Å². The number of nitrogens with zero attached hydrogens (tertiary/aromatic N) is 3. The fourth-order valence-corrected chi connectivity index (χ4v) is 2.56. The van der Waals surface area contributed by atoms with E-state index in [2.05, 4.69) is 21.7 Å². The number of carbonyl (C=O) groups is 1. The number of thioether (sulfide) groups is 1. The topological polar surface area (TPSA) is 77.2 Å². The summed E-state index contributed by atoms with van der Waals surface area (Å²) >= 11 is 1.24. The van der Waals surface area contributed by atoms with Crippen LogP contribution in [0, 0.1) is 0 Å². The van der Waals surface area contributed by atoms with Crippen LogP contribution in [0.4, 0.5) is 0 Å². The van der Waals surface area contributed by atoms with Gasteiger partial charge in [-0.25, -0.2) is 0 Å². The molecule has 0 aliphatic heterocycles. The van der Waals surface area contributed by atoms with Gasteiger partial charge in [0, 0.05) is 19.1 Å². The first kappa shape index (κ1) is 14.3. The molecule has 1 saturated carbocycles. The average molecular weight is 285 g/mol. The van der Waals surface area contributed by atoms with Crippen molar-refractivity contribution >= 4 is 17.7 Å². The number of rotatable bonds is 9. The minimum Gasteiger partial charge on any atom is -0.481 e. The molecular formula is C12H19N3O3S. The molecule has 106 valence electrons. The van der Waals surface area contributed by atoms with Crippen LogP contribution in [0.2, 0.25) is 0 Å². The second-order valence-electron chi connectivity index (χ2n) is 4.54. The van der Waals surface area contributed by atoms with Gasteiger partial charge in [-0.15, -0.1) is 10.2 Å². The highest BCUT2D eigenvalue weighted by atomic mass is 32.2. The summed E-state index contributed by atoms with van der Waals surface area (Å²) in [5.41, 5.74) is 0. The predicted molar refractivity (Wildman–Crippen MR) is 71.5 cm³/mol. The van der Waals surface area contributed by atoms with Gasteiger partial charge in [0.25, 0.3) is 0 Å². The molecule has 1 aliphatic rings. The molecule has 0 bridgehead atoms. The van der Waals surface area contributed by atoms with Crippen LogP contribution in [-0.2, 0) is 16.0 Å². The van der Waals surface area contributed by atoms with Crippen molar-refractivity contribution in [3.05, 3.63) is 5.82 Å². The zero-order valence-corrected chi connectivity index (χ0v) is 11.9. The molecule has 7 heteroatoms. The Bertz CT molecular complexity index is 432. The molecule has 0 spiro atoms. The molecule has 0 radical (unpaired) electrons. The summed E-state index contributed by atoms with van der Waals surface area (Å²) in [6.45, 7) is 3.48. The first-order valence-electron chi connectivity index (χ1n) is 6.58. The maximum atomic E-state index is 10.6. The number of aliphatic carboxylic acids is 1. The molecule has 1 N–H and O–H groups in total. The Morgan fingerprint density at radius 2 is 2.26 bits per heavy atom. The molecular weight excluding hydrogens is 266 g/mol. The summed E-state index contributed by atoms with van der Waals surface area (Å²) < 4.78 is 7.55. The van der Waals surface area contributed by atoms with Gasteiger partial charge in [-0.2, -0.15) is 0 Å². The third-order valence-electron chi connectivity index (χ3n) is 2.79. The normalized spacial score (nSPS) is 14.8. The minimum absolute atomic E-state index is 0.0250. The second-order valence-corrected chi connectivity index (χ2v) is 5.49. The molecule has 1 aromatic heterocycles. The lowest BCUT2D eigenvalue weighted by molar-refractivity contribution is -0.133. The Balaban J connectivity index is 1.96. The van der Waals surface area contributed by atoms with Crippen LogP contribution < -0.4 is 0 Å². The minimum atomic E-state index is -0.830. The van der Waals surface area contributed by atoms with Crippen LogP contribution in [0.3, 0.4) is 0 Å². The van der Waals surface area contributed by atoms with E-state index in [1.165, 1.54) is 11.8 Å². The average Bonchev–Trinajstić information content (AvgIpc) is 3.14. The third-order valence-corrected chi connectivity index (χ3v) is 3.72.